The maximum absolute atomic E-state index is 11.7. The molecule has 0 saturated carbocycles. The zero-order valence-electron chi connectivity index (χ0n) is 9.73. The Balaban J connectivity index is 2.17. The number of aryl methyl sites for hydroxylation is 1. The van der Waals surface area contributed by atoms with Gasteiger partial charge in [0.1, 0.15) is 11.9 Å². The number of nitrogens with one attached hydrogen (secondary N) is 1. The molecule has 0 radical (unpaired) electrons. The van der Waals surface area contributed by atoms with Gasteiger partial charge in [-0.3, -0.25) is 14.5 Å². The summed E-state index contributed by atoms with van der Waals surface area (Å²) in [6, 6.07) is 1.24. The van der Waals surface area contributed by atoms with Crippen molar-refractivity contribution in [2.75, 3.05) is 18.1 Å². The monoisotopic (exact) mass is 234 g/mol. The molecule has 2 heterocycles. The highest BCUT2D eigenvalue weighted by Crippen LogP contribution is 2.19. The number of nitrogens with zero attached hydrogens (tertiary/aromatic N) is 2. The topological polar surface area (TPSA) is 88.3 Å². The van der Waals surface area contributed by atoms with Gasteiger partial charge < -0.3 is 11.1 Å². The predicted molar refractivity (Wildman–Crippen MR) is 63.2 cm³/mol. The molecule has 1 aromatic rings. The van der Waals surface area contributed by atoms with E-state index in [9.17, 15) is 9.59 Å². The molecular formula is C11H14N4O2. The lowest BCUT2D eigenvalue weighted by Crippen LogP contribution is -2.32. The lowest BCUT2D eigenvalue weighted by Gasteiger charge is -2.13. The van der Waals surface area contributed by atoms with Crippen molar-refractivity contribution in [3.63, 3.8) is 0 Å². The van der Waals surface area contributed by atoms with E-state index in [0.29, 0.717) is 11.5 Å². The Hall–Kier alpha value is -2.11. The van der Waals surface area contributed by atoms with Gasteiger partial charge in [0.05, 0.1) is 18.3 Å². The molecule has 1 fully saturated rings. The van der Waals surface area contributed by atoms with E-state index in [1.54, 1.807) is 6.07 Å². The Morgan fingerprint density at radius 3 is 2.76 bits per heavy atom. The number of hydrogen-bond acceptors (Lipinski definition) is 5. The molecule has 1 atom stereocenters. The van der Waals surface area contributed by atoms with Crippen LogP contribution in [0, 0.1) is 6.92 Å². The van der Waals surface area contributed by atoms with Crippen molar-refractivity contribution in [2.45, 2.75) is 19.4 Å². The average Bonchev–Trinajstić information content (AvgIpc) is 2.50. The first-order chi connectivity index (χ1) is 7.99. The number of nitrogens with two attached hydrogens (primary N) is 1. The zero-order valence-corrected chi connectivity index (χ0v) is 9.73. The third kappa shape index (κ3) is 2.06. The largest absolute Gasteiger partial charge is 0.397 e. The van der Waals surface area contributed by atoms with Crippen molar-refractivity contribution >= 4 is 23.3 Å². The van der Waals surface area contributed by atoms with Crippen LogP contribution in [0.1, 0.15) is 12.0 Å². The number of imide groups is 1. The number of carbonyl (C=O) groups is 2. The Morgan fingerprint density at radius 2 is 2.24 bits per heavy atom. The standard InChI is InChI=1S/C11H14N4O2/c1-6-3-7(12)5-13-10(6)14-8-4-9(16)15(2)11(8)17/h3,5,8H,4,12H2,1-2H3,(H,13,14). The first-order valence-electron chi connectivity index (χ1n) is 5.28. The molecule has 1 aliphatic rings. The molecule has 90 valence electrons. The van der Waals surface area contributed by atoms with Gasteiger partial charge in [0.25, 0.3) is 5.91 Å². The van der Waals surface area contributed by atoms with Crippen LogP contribution in [0.4, 0.5) is 11.5 Å². The first-order valence-corrected chi connectivity index (χ1v) is 5.28. The maximum Gasteiger partial charge on any atom is 0.251 e. The number of hydrogen-bond donors (Lipinski definition) is 2. The smallest absolute Gasteiger partial charge is 0.251 e. The number of likely N-dealkylation sites (N-methyl/N-ethyl adjacent to an activating group) is 1. The minimum atomic E-state index is -0.526. The number of rotatable bonds is 2. The zero-order chi connectivity index (χ0) is 12.6. The molecule has 2 amide bonds. The summed E-state index contributed by atoms with van der Waals surface area (Å²) in [5.41, 5.74) is 7.00. The van der Waals surface area contributed by atoms with E-state index in [1.165, 1.54) is 13.2 Å². The second-order valence-corrected chi connectivity index (χ2v) is 4.13. The van der Waals surface area contributed by atoms with Crippen molar-refractivity contribution in [2.24, 2.45) is 0 Å². The molecule has 6 nitrogen and oxygen atoms in total. The third-order valence-electron chi connectivity index (χ3n) is 2.79. The van der Waals surface area contributed by atoms with Crippen LogP contribution >= 0.6 is 0 Å². The highest BCUT2D eigenvalue weighted by atomic mass is 16.2. The molecule has 1 aliphatic heterocycles. The lowest BCUT2D eigenvalue weighted by molar-refractivity contribution is -0.136. The lowest BCUT2D eigenvalue weighted by atomic mass is 10.2. The van der Waals surface area contributed by atoms with Gasteiger partial charge in [-0.1, -0.05) is 0 Å². The van der Waals surface area contributed by atoms with Crippen molar-refractivity contribution in [3.8, 4) is 0 Å². The second kappa shape index (κ2) is 4.04. The van der Waals surface area contributed by atoms with Crippen LogP contribution in [0.15, 0.2) is 12.3 Å². The van der Waals surface area contributed by atoms with E-state index in [1.807, 2.05) is 6.92 Å². The molecule has 2 rings (SSSR count). The fourth-order valence-electron chi connectivity index (χ4n) is 1.78. The highest BCUT2D eigenvalue weighted by Gasteiger charge is 2.36. The van der Waals surface area contributed by atoms with E-state index < -0.39 is 6.04 Å². The highest BCUT2D eigenvalue weighted by molar-refractivity contribution is 6.06. The number of amides is 2. The summed E-state index contributed by atoms with van der Waals surface area (Å²) in [6.45, 7) is 1.84. The van der Waals surface area contributed by atoms with E-state index in [2.05, 4.69) is 10.3 Å². The summed E-state index contributed by atoms with van der Waals surface area (Å²) in [5, 5.41) is 2.97. The molecule has 1 saturated heterocycles. The number of likely N-dealkylation sites (tertiary alicyclic amines) is 1. The quantitative estimate of drug-likeness (QED) is 0.711. The first kappa shape index (κ1) is 11.4. The van der Waals surface area contributed by atoms with Gasteiger partial charge in [0, 0.05) is 7.05 Å². The fourth-order valence-corrected chi connectivity index (χ4v) is 1.78. The van der Waals surface area contributed by atoms with Gasteiger partial charge in [-0.2, -0.15) is 0 Å². The van der Waals surface area contributed by atoms with Crippen LogP contribution in [0.3, 0.4) is 0 Å². The van der Waals surface area contributed by atoms with Gasteiger partial charge in [-0.05, 0) is 18.6 Å². The maximum atomic E-state index is 11.7. The van der Waals surface area contributed by atoms with Crippen LogP contribution in [0.5, 0.6) is 0 Å². The molecule has 0 spiro atoms. The second-order valence-electron chi connectivity index (χ2n) is 4.13. The van der Waals surface area contributed by atoms with Crippen molar-refractivity contribution in [1.82, 2.24) is 9.88 Å². The summed E-state index contributed by atoms with van der Waals surface area (Å²) < 4.78 is 0. The normalized spacial score (nSPS) is 19.9. The van der Waals surface area contributed by atoms with Crippen LogP contribution < -0.4 is 11.1 Å². The van der Waals surface area contributed by atoms with Crippen LogP contribution in [0.2, 0.25) is 0 Å². The van der Waals surface area contributed by atoms with Crippen molar-refractivity contribution in [3.05, 3.63) is 17.8 Å². The SMILES string of the molecule is Cc1cc(N)cnc1NC1CC(=O)N(C)C1=O. The van der Waals surface area contributed by atoms with Crippen molar-refractivity contribution in [1.29, 1.82) is 0 Å². The molecule has 1 aromatic heterocycles. The number of anilines is 2. The minimum Gasteiger partial charge on any atom is -0.397 e. The molecule has 1 unspecified atom stereocenters. The Morgan fingerprint density at radius 1 is 1.53 bits per heavy atom. The van der Waals surface area contributed by atoms with Gasteiger partial charge in [-0.15, -0.1) is 0 Å². The van der Waals surface area contributed by atoms with E-state index in [4.69, 9.17) is 5.73 Å². The molecule has 0 aromatic carbocycles. The molecule has 3 N–H and O–H groups in total. The Kier molecular flexibility index (Phi) is 2.71. The van der Waals surface area contributed by atoms with Crippen LogP contribution in [-0.2, 0) is 9.59 Å². The summed E-state index contributed by atoms with van der Waals surface area (Å²) in [5.74, 6) is 0.175. The summed E-state index contributed by atoms with van der Waals surface area (Å²) in [4.78, 5) is 28.3. The number of carbonyl (C=O) groups excluding carboxylic acids is 2. The average molecular weight is 234 g/mol. The summed E-state index contributed by atoms with van der Waals surface area (Å²) in [6.07, 6.45) is 1.68. The summed E-state index contributed by atoms with van der Waals surface area (Å²) >= 11 is 0. The van der Waals surface area contributed by atoms with Gasteiger partial charge in [0.2, 0.25) is 5.91 Å². The van der Waals surface area contributed by atoms with Crippen molar-refractivity contribution < 1.29 is 9.59 Å². The Bertz CT molecular complexity index is 486. The number of nitrogen functional groups attached to an aromatic ring is 1. The predicted octanol–water partition coefficient (Wildman–Crippen LogP) is 0.141. The van der Waals surface area contributed by atoms with Gasteiger partial charge in [0.15, 0.2) is 0 Å². The fraction of sp³-hybridized carbons (Fsp3) is 0.364. The molecule has 17 heavy (non-hydrogen) atoms. The Labute approximate surface area is 98.8 Å². The molecule has 0 bridgehead atoms. The number of aromatic nitrogens is 1. The molecule has 0 aliphatic carbocycles. The van der Waals surface area contributed by atoms with Crippen LogP contribution in [0.25, 0.3) is 0 Å². The van der Waals surface area contributed by atoms with Gasteiger partial charge in [-0.25, -0.2) is 4.98 Å². The van der Waals surface area contributed by atoms with Gasteiger partial charge >= 0.3 is 0 Å². The van der Waals surface area contributed by atoms with E-state index in [-0.39, 0.29) is 18.2 Å². The molecular weight excluding hydrogens is 220 g/mol. The molecule has 6 heteroatoms. The minimum absolute atomic E-state index is 0.167. The number of pyridine rings is 1. The van der Waals surface area contributed by atoms with Crippen LogP contribution in [-0.4, -0.2) is 34.8 Å². The van der Waals surface area contributed by atoms with E-state index in [0.717, 1.165) is 10.5 Å². The van der Waals surface area contributed by atoms with E-state index >= 15 is 0 Å². The summed E-state index contributed by atoms with van der Waals surface area (Å²) in [7, 11) is 1.48. The third-order valence-corrected chi connectivity index (χ3v) is 2.79.